The highest BCUT2D eigenvalue weighted by atomic mass is 19.1. The Morgan fingerprint density at radius 1 is 1.29 bits per heavy atom. The van der Waals surface area contributed by atoms with Gasteiger partial charge in [-0.3, -0.25) is 14.5 Å². The van der Waals surface area contributed by atoms with Crippen LogP contribution < -0.4 is 5.73 Å². The van der Waals surface area contributed by atoms with Crippen LogP contribution in [0.5, 0.6) is 0 Å². The number of hydrogen-bond donors (Lipinski definition) is 1. The number of nitrogens with two attached hydrogens (primary N) is 1. The number of halogens is 1. The van der Waals surface area contributed by atoms with Crippen LogP contribution in [0.15, 0.2) is 24.3 Å². The van der Waals surface area contributed by atoms with Crippen molar-refractivity contribution in [2.45, 2.75) is 68.9 Å². The topological polar surface area (TPSA) is 93.7 Å². The molecule has 164 valence electrons. The molecule has 2 amide bonds. The van der Waals surface area contributed by atoms with E-state index in [1.165, 1.54) is 12.1 Å². The van der Waals surface area contributed by atoms with Crippen LogP contribution in [-0.2, 0) is 9.59 Å². The Morgan fingerprint density at radius 3 is 2.68 bits per heavy atom. The van der Waals surface area contributed by atoms with E-state index < -0.39 is 6.04 Å². The average molecular weight is 426 g/mol. The number of piperidine rings is 1. The van der Waals surface area contributed by atoms with Crippen molar-refractivity contribution in [2.75, 3.05) is 13.1 Å². The zero-order chi connectivity index (χ0) is 21.9. The predicted molar refractivity (Wildman–Crippen MR) is 111 cm³/mol. The highest BCUT2D eigenvalue weighted by Gasteiger charge is 2.56. The number of fused-ring (bicyclic) bond motifs is 3. The lowest BCUT2D eigenvalue weighted by molar-refractivity contribution is -0.141. The minimum atomic E-state index is -0.727. The summed E-state index contributed by atoms with van der Waals surface area (Å²) in [4.78, 5) is 31.8. The number of nitriles is 1. The third-order valence-electron chi connectivity index (χ3n) is 7.55. The first kappa shape index (κ1) is 20.4. The van der Waals surface area contributed by atoms with E-state index in [1.807, 2.05) is 16.7 Å². The van der Waals surface area contributed by atoms with Crippen molar-refractivity contribution >= 4 is 11.8 Å². The first-order chi connectivity index (χ1) is 14.9. The molecule has 3 heterocycles. The third kappa shape index (κ3) is 3.31. The number of benzene rings is 1. The van der Waals surface area contributed by atoms with Gasteiger partial charge < -0.3 is 15.5 Å². The molecule has 2 bridgehead atoms. The second-order valence-electron chi connectivity index (χ2n) is 9.38. The van der Waals surface area contributed by atoms with Crippen molar-refractivity contribution < 1.29 is 14.0 Å². The minimum Gasteiger partial charge on any atom is -0.330 e. The molecule has 1 aromatic rings. The summed E-state index contributed by atoms with van der Waals surface area (Å²) in [5, 5.41) is 9.36. The van der Waals surface area contributed by atoms with Gasteiger partial charge in [0.1, 0.15) is 11.9 Å². The Hall–Kier alpha value is -2.50. The smallest absolute Gasteiger partial charge is 0.242 e. The van der Waals surface area contributed by atoms with Gasteiger partial charge in [-0.2, -0.15) is 5.26 Å². The van der Waals surface area contributed by atoms with Crippen LogP contribution in [0.25, 0.3) is 0 Å². The van der Waals surface area contributed by atoms with Gasteiger partial charge in [0.2, 0.25) is 11.8 Å². The van der Waals surface area contributed by atoms with Crippen molar-refractivity contribution in [3.8, 4) is 6.07 Å². The van der Waals surface area contributed by atoms with Gasteiger partial charge >= 0.3 is 0 Å². The number of carbonyl (C=O) groups is 2. The molecule has 2 N–H and O–H groups in total. The molecule has 4 fully saturated rings. The van der Waals surface area contributed by atoms with E-state index in [0.29, 0.717) is 19.0 Å². The molecule has 1 saturated carbocycles. The number of carbonyl (C=O) groups excluding carboxylic acids is 2. The SMILES string of the molecule is CC[C@H](c1ccc(F)cc1)N1C(=O)[C@@H]2C[C@H]1CN2C[C@H](N)C(=O)N1[C@H](C#N)C[C@@H]2C[C@@H]21. The highest BCUT2D eigenvalue weighted by Crippen LogP contribution is 2.48. The fourth-order valence-electron chi connectivity index (χ4n) is 5.99. The van der Waals surface area contributed by atoms with Crippen LogP contribution in [-0.4, -0.2) is 69.8 Å². The van der Waals surface area contributed by atoms with E-state index in [4.69, 9.17) is 5.73 Å². The minimum absolute atomic E-state index is 0.0606. The van der Waals surface area contributed by atoms with Crippen molar-refractivity contribution in [1.82, 2.24) is 14.7 Å². The molecule has 3 saturated heterocycles. The summed E-state index contributed by atoms with van der Waals surface area (Å²) in [5.41, 5.74) is 7.22. The summed E-state index contributed by atoms with van der Waals surface area (Å²) in [7, 11) is 0. The zero-order valence-corrected chi connectivity index (χ0v) is 17.7. The summed E-state index contributed by atoms with van der Waals surface area (Å²) >= 11 is 0. The zero-order valence-electron chi connectivity index (χ0n) is 17.7. The Kier molecular flexibility index (Phi) is 4.98. The largest absolute Gasteiger partial charge is 0.330 e. The van der Waals surface area contributed by atoms with Crippen molar-refractivity contribution in [3.05, 3.63) is 35.6 Å². The maximum Gasteiger partial charge on any atom is 0.242 e. The Balaban J connectivity index is 1.25. The average Bonchev–Trinajstić information content (AvgIpc) is 3.10. The molecule has 4 aliphatic rings. The van der Waals surface area contributed by atoms with E-state index in [2.05, 4.69) is 6.07 Å². The lowest BCUT2D eigenvalue weighted by Crippen LogP contribution is -2.57. The second-order valence-corrected chi connectivity index (χ2v) is 9.38. The maximum absolute atomic E-state index is 13.3. The first-order valence-corrected chi connectivity index (χ1v) is 11.2. The fourth-order valence-corrected chi connectivity index (χ4v) is 5.99. The van der Waals surface area contributed by atoms with Crippen LogP contribution in [0.2, 0.25) is 0 Å². The molecule has 0 spiro atoms. The summed E-state index contributed by atoms with van der Waals surface area (Å²) in [6.07, 6.45) is 3.21. The van der Waals surface area contributed by atoms with Gasteiger partial charge in [-0.15, -0.1) is 0 Å². The maximum atomic E-state index is 13.3. The Bertz CT molecular complexity index is 931. The fraction of sp³-hybridized carbons (Fsp3) is 0.609. The van der Waals surface area contributed by atoms with Gasteiger partial charge in [-0.05, 0) is 49.3 Å². The molecular formula is C23H28FN5O2. The summed E-state index contributed by atoms with van der Waals surface area (Å²) in [6.45, 7) is 3.05. The van der Waals surface area contributed by atoms with Crippen molar-refractivity contribution in [1.29, 1.82) is 5.26 Å². The number of nitrogens with zero attached hydrogens (tertiary/aromatic N) is 4. The van der Waals surface area contributed by atoms with Gasteiger partial charge in [0.05, 0.1) is 24.2 Å². The molecule has 5 rings (SSSR count). The van der Waals surface area contributed by atoms with E-state index in [9.17, 15) is 19.2 Å². The van der Waals surface area contributed by atoms with E-state index in [-0.39, 0.29) is 47.8 Å². The van der Waals surface area contributed by atoms with Crippen LogP contribution in [0.1, 0.15) is 44.2 Å². The monoisotopic (exact) mass is 425 g/mol. The molecule has 7 atom stereocenters. The molecule has 1 aromatic carbocycles. The summed E-state index contributed by atoms with van der Waals surface area (Å²) in [5.74, 6) is 0.0646. The lowest BCUT2D eigenvalue weighted by atomic mass is 10.0. The summed E-state index contributed by atoms with van der Waals surface area (Å²) < 4.78 is 13.3. The molecule has 3 aliphatic heterocycles. The predicted octanol–water partition coefficient (Wildman–Crippen LogP) is 1.40. The molecule has 0 radical (unpaired) electrons. The van der Waals surface area contributed by atoms with Crippen LogP contribution in [0.3, 0.4) is 0 Å². The molecule has 0 unspecified atom stereocenters. The standard InChI is InChI=1S/C23H28FN5O2/c1-2-19(13-3-5-15(24)6-4-13)29-17-9-21(23(29)31)27(11-17)12-18(26)22(30)28-16(10-25)7-14-8-20(14)28/h3-6,14,16-21H,2,7-9,11-12,26H2,1H3/t14-,16+,17+,18+,19-,20+,21+/m1/s1. The molecule has 1 aliphatic carbocycles. The molecule has 8 heteroatoms. The van der Waals surface area contributed by atoms with Crippen LogP contribution in [0.4, 0.5) is 4.39 Å². The van der Waals surface area contributed by atoms with Gasteiger partial charge in [0.15, 0.2) is 0 Å². The summed E-state index contributed by atoms with van der Waals surface area (Å²) in [6, 6.07) is 7.42. The van der Waals surface area contributed by atoms with Gasteiger partial charge in [0.25, 0.3) is 0 Å². The molecule has 31 heavy (non-hydrogen) atoms. The van der Waals surface area contributed by atoms with Crippen LogP contribution in [0, 0.1) is 23.1 Å². The quantitative estimate of drug-likeness (QED) is 0.744. The number of likely N-dealkylation sites (tertiary alicyclic amines) is 3. The van der Waals surface area contributed by atoms with E-state index >= 15 is 0 Å². The number of rotatable bonds is 6. The number of amides is 2. The third-order valence-corrected chi connectivity index (χ3v) is 7.55. The number of piperazine rings is 1. The van der Waals surface area contributed by atoms with Gasteiger partial charge in [-0.1, -0.05) is 19.1 Å². The second kappa shape index (κ2) is 7.57. The highest BCUT2D eigenvalue weighted by molar-refractivity contribution is 5.87. The Morgan fingerprint density at radius 2 is 2.03 bits per heavy atom. The van der Waals surface area contributed by atoms with Crippen molar-refractivity contribution in [2.24, 2.45) is 11.7 Å². The normalized spacial score (nSPS) is 33.4. The number of hydrogen-bond acceptors (Lipinski definition) is 5. The van der Waals surface area contributed by atoms with Crippen LogP contribution >= 0.6 is 0 Å². The molecular weight excluding hydrogens is 397 g/mol. The van der Waals surface area contributed by atoms with Gasteiger partial charge in [0, 0.05) is 25.2 Å². The molecule has 7 nitrogen and oxygen atoms in total. The van der Waals surface area contributed by atoms with Crippen molar-refractivity contribution in [3.63, 3.8) is 0 Å². The lowest BCUT2D eigenvalue weighted by Gasteiger charge is -2.39. The molecule has 0 aromatic heterocycles. The van der Waals surface area contributed by atoms with E-state index in [1.54, 1.807) is 17.0 Å². The first-order valence-electron chi connectivity index (χ1n) is 11.2. The van der Waals surface area contributed by atoms with E-state index in [0.717, 1.165) is 31.2 Å². The van der Waals surface area contributed by atoms with Gasteiger partial charge in [-0.25, -0.2) is 4.39 Å². The Labute approximate surface area is 181 Å².